The number of hydrogen-bond donors (Lipinski definition) is 2. The number of thiophene rings is 1. The number of carbonyl (C=O) groups excluding carboxylic acids is 1. The third-order valence-corrected chi connectivity index (χ3v) is 6.68. The number of likely N-dealkylation sites (tertiary alicyclic amines) is 1. The zero-order valence-corrected chi connectivity index (χ0v) is 14.6. The molecule has 0 saturated carbocycles. The first-order valence-corrected chi connectivity index (χ1v) is 9.99. The van der Waals surface area contributed by atoms with Gasteiger partial charge in [-0.1, -0.05) is 18.2 Å². The van der Waals surface area contributed by atoms with E-state index in [4.69, 9.17) is 5.73 Å². The third-order valence-electron chi connectivity index (χ3n) is 3.90. The van der Waals surface area contributed by atoms with Crippen LogP contribution >= 0.6 is 11.3 Å². The van der Waals surface area contributed by atoms with Crippen LogP contribution < -0.4 is 10.5 Å². The van der Waals surface area contributed by atoms with Crippen LogP contribution in [-0.4, -0.2) is 38.4 Å². The summed E-state index contributed by atoms with van der Waals surface area (Å²) in [5, 5.41) is 1.72. The van der Waals surface area contributed by atoms with Gasteiger partial charge in [-0.25, -0.2) is 8.42 Å². The van der Waals surface area contributed by atoms with Crippen LogP contribution in [0.5, 0.6) is 0 Å². The Morgan fingerprint density at radius 2 is 2.04 bits per heavy atom. The molecule has 24 heavy (non-hydrogen) atoms. The summed E-state index contributed by atoms with van der Waals surface area (Å²) in [6.07, 6.45) is 1.14. The Balaban J connectivity index is 1.62. The lowest BCUT2D eigenvalue weighted by Gasteiger charge is -2.15. The number of anilines is 1. The molecule has 1 atom stereocenters. The fraction of sp³-hybridized carbons (Fsp3) is 0.312. The zero-order chi connectivity index (χ0) is 17.2. The summed E-state index contributed by atoms with van der Waals surface area (Å²) in [6, 6.07) is 10.2. The Bertz CT molecular complexity index is 802. The first-order valence-electron chi connectivity index (χ1n) is 7.63. The van der Waals surface area contributed by atoms with Crippen LogP contribution in [0.4, 0.5) is 5.69 Å². The fourth-order valence-electron chi connectivity index (χ4n) is 2.61. The topological polar surface area (TPSA) is 92.5 Å². The minimum atomic E-state index is -3.55. The Kier molecular flexibility index (Phi) is 4.88. The Morgan fingerprint density at radius 3 is 2.62 bits per heavy atom. The highest BCUT2D eigenvalue weighted by Gasteiger charge is 2.23. The maximum absolute atomic E-state index is 12.2. The second-order valence-corrected chi connectivity index (χ2v) is 8.66. The van der Waals surface area contributed by atoms with Crippen molar-refractivity contribution >= 4 is 33.0 Å². The van der Waals surface area contributed by atoms with Crippen LogP contribution in [0.3, 0.4) is 0 Å². The van der Waals surface area contributed by atoms with Crippen molar-refractivity contribution in [3.05, 3.63) is 47.3 Å². The van der Waals surface area contributed by atoms with Gasteiger partial charge in [-0.05, 0) is 35.6 Å². The molecular formula is C16H19N3O3S2. The van der Waals surface area contributed by atoms with Gasteiger partial charge in [0.2, 0.25) is 5.91 Å². The quantitative estimate of drug-likeness (QED) is 0.843. The van der Waals surface area contributed by atoms with E-state index in [0.717, 1.165) is 23.3 Å². The number of benzene rings is 1. The molecule has 0 spiro atoms. The molecule has 6 nitrogen and oxygen atoms in total. The van der Waals surface area contributed by atoms with Gasteiger partial charge >= 0.3 is 0 Å². The average molecular weight is 365 g/mol. The molecule has 2 heterocycles. The molecule has 0 radical (unpaired) electrons. The second kappa shape index (κ2) is 6.92. The molecule has 3 N–H and O–H groups in total. The number of nitrogens with zero attached hydrogens (tertiary/aromatic N) is 1. The van der Waals surface area contributed by atoms with Crippen LogP contribution in [0.2, 0.25) is 0 Å². The van der Waals surface area contributed by atoms with Crippen molar-refractivity contribution in [3.63, 3.8) is 0 Å². The number of carbonyl (C=O) groups is 1. The summed E-state index contributed by atoms with van der Waals surface area (Å²) in [5.41, 5.74) is 7.14. The van der Waals surface area contributed by atoms with Gasteiger partial charge in [0.15, 0.2) is 0 Å². The van der Waals surface area contributed by atoms with Crippen molar-refractivity contribution in [3.8, 4) is 0 Å². The molecule has 1 fully saturated rings. The van der Waals surface area contributed by atoms with E-state index in [-0.39, 0.29) is 16.2 Å². The van der Waals surface area contributed by atoms with Gasteiger partial charge in [0, 0.05) is 24.8 Å². The predicted molar refractivity (Wildman–Crippen MR) is 94.4 cm³/mol. The Labute approximate surface area is 145 Å². The molecule has 128 valence electrons. The zero-order valence-electron chi connectivity index (χ0n) is 13.0. The lowest BCUT2D eigenvalue weighted by molar-refractivity contribution is -0.129. The highest BCUT2D eigenvalue weighted by Crippen LogP contribution is 2.20. The molecule has 0 unspecified atom stereocenters. The fourth-order valence-corrected chi connectivity index (χ4v) is 4.66. The number of hydrogen-bond acceptors (Lipinski definition) is 5. The number of nitrogens with two attached hydrogens (primary N) is 1. The first-order chi connectivity index (χ1) is 11.4. The normalized spacial score (nSPS) is 17.9. The molecule has 8 heteroatoms. The summed E-state index contributed by atoms with van der Waals surface area (Å²) in [6.45, 7) is 1.32. The SMILES string of the molecule is N[C@@H]1CCN(C(=O)Cc2ccc(NS(=O)(=O)c3cccs3)cc2)C1. The number of sulfonamides is 1. The van der Waals surface area contributed by atoms with E-state index >= 15 is 0 Å². The van der Waals surface area contributed by atoms with Gasteiger partial charge in [-0.3, -0.25) is 9.52 Å². The summed E-state index contributed by atoms with van der Waals surface area (Å²) in [4.78, 5) is 14.0. The van der Waals surface area contributed by atoms with Crippen molar-refractivity contribution in [1.82, 2.24) is 4.90 Å². The molecule has 2 aromatic rings. The monoisotopic (exact) mass is 365 g/mol. The van der Waals surface area contributed by atoms with E-state index in [9.17, 15) is 13.2 Å². The van der Waals surface area contributed by atoms with Crippen LogP contribution in [0.25, 0.3) is 0 Å². The summed E-state index contributed by atoms with van der Waals surface area (Å²) in [7, 11) is -3.55. The van der Waals surface area contributed by atoms with Crippen molar-refractivity contribution < 1.29 is 13.2 Å². The van der Waals surface area contributed by atoms with Crippen molar-refractivity contribution in [2.24, 2.45) is 5.73 Å². The number of nitrogens with one attached hydrogen (secondary N) is 1. The smallest absolute Gasteiger partial charge is 0.271 e. The summed E-state index contributed by atoms with van der Waals surface area (Å²) in [5.74, 6) is 0.0508. The molecule has 1 aliphatic rings. The van der Waals surface area contributed by atoms with E-state index in [1.165, 1.54) is 0 Å². The highest BCUT2D eigenvalue weighted by molar-refractivity contribution is 7.94. The standard InChI is InChI=1S/C16H19N3O3S2/c17-13-7-8-19(11-13)15(20)10-12-3-5-14(6-4-12)18-24(21,22)16-2-1-9-23-16/h1-6,9,13,18H,7-8,10-11,17H2/t13-/m1/s1. The van der Waals surface area contributed by atoms with Crippen molar-refractivity contribution in [1.29, 1.82) is 0 Å². The van der Waals surface area contributed by atoms with Gasteiger partial charge < -0.3 is 10.6 Å². The molecule has 1 aliphatic heterocycles. The van der Waals surface area contributed by atoms with Gasteiger partial charge in [0.25, 0.3) is 10.0 Å². The molecule has 0 aliphatic carbocycles. The number of rotatable bonds is 5. The maximum Gasteiger partial charge on any atom is 0.271 e. The van der Waals surface area contributed by atoms with E-state index in [2.05, 4.69) is 4.72 Å². The van der Waals surface area contributed by atoms with Crippen LogP contribution in [-0.2, 0) is 21.2 Å². The van der Waals surface area contributed by atoms with Crippen LogP contribution in [0, 0.1) is 0 Å². The van der Waals surface area contributed by atoms with Gasteiger partial charge in [-0.15, -0.1) is 11.3 Å². The second-order valence-electron chi connectivity index (χ2n) is 5.80. The predicted octanol–water partition coefficient (Wildman–Crippen LogP) is 1.65. The van der Waals surface area contributed by atoms with Gasteiger partial charge in [0.1, 0.15) is 4.21 Å². The van der Waals surface area contributed by atoms with E-state index < -0.39 is 10.0 Å². The Hall–Kier alpha value is -1.90. The molecule has 1 aromatic heterocycles. The lowest BCUT2D eigenvalue weighted by Crippen LogP contribution is -2.32. The first kappa shape index (κ1) is 16.9. The van der Waals surface area contributed by atoms with E-state index in [1.54, 1.807) is 46.7 Å². The van der Waals surface area contributed by atoms with Crippen molar-refractivity contribution in [2.75, 3.05) is 17.8 Å². The van der Waals surface area contributed by atoms with Gasteiger partial charge in [0.05, 0.1) is 6.42 Å². The van der Waals surface area contributed by atoms with Crippen LogP contribution in [0.1, 0.15) is 12.0 Å². The van der Waals surface area contributed by atoms with Crippen molar-refractivity contribution in [2.45, 2.75) is 23.1 Å². The minimum Gasteiger partial charge on any atom is -0.341 e. The molecule has 1 aromatic carbocycles. The minimum absolute atomic E-state index is 0.0508. The largest absolute Gasteiger partial charge is 0.341 e. The van der Waals surface area contributed by atoms with Crippen LogP contribution in [0.15, 0.2) is 46.0 Å². The molecule has 1 saturated heterocycles. The van der Waals surface area contributed by atoms with Gasteiger partial charge in [-0.2, -0.15) is 0 Å². The maximum atomic E-state index is 12.2. The molecule has 1 amide bonds. The summed E-state index contributed by atoms with van der Waals surface area (Å²) >= 11 is 1.16. The molecule has 3 rings (SSSR count). The molecular weight excluding hydrogens is 346 g/mol. The third kappa shape index (κ3) is 3.95. The van der Waals surface area contributed by atoms with E-state index in [1.807, 2.05) is 0 Å². The number of amides is 1. The van der Waals surface area contributed by atoms with E-state index in [0.29, 0.717) is 25.2 Å². The average Bonchev–Trinajstić information content (AvgIpc) is 3.20. The molecule has 0 bridgehead atoms. The summed E-state index contributed by atoms with van der Waals surface area (Å²) < 4.78 is 27.1. The lowest BCUT2D eigenvalue weighted by atomic mass is 10.1. The highest BCUT2D eigenvalue weighted by atomic mass is 32.2. The Morgan fingerprint density at radius 1 is 1.29 bits per heavy atom.